The van der Waals surface area contributed by atoms with Crippen molar-refractivity contribution in [2.45, 2.75) is 13.1 Å². The molecule has 0 radical (unpaired) electrons. The third kappa shape index (κ3) is 3.39. The summed E-state index contributed by atoms with van der Waals surface area (Å²) in [6, 6.07) is 15.1. The fraction of sp³-hybridized carbons (Fsp3) is 0.143. The number of hydrogen-bond acceptors (Lipinski definition) is 7. The number of amides is 1. The molecule has 4 aromatic rings. The van der Waals surface area contributed by atoms with Crippen LogP contribution in [0.4, 0.5) is 0 Å². The molecule has 1 amide bonds. The van der Waals surface area contributed by atoms with E-state index in [0.29, 0.717) is 35.0 Å². The first-order valence-corrected chi connectivity index (χ1v) is 10.0. The maximum absolute atomic E-state index is 12.8. The monoisotopic (exact) mass is 420 g/mol. The summed E-state index contributed by atoms with van der Waals surface area (Å²) >= 11 is 0.973. The van der Waals surface area contributed by atoms with Crippen LogP contribution in [0.15, 0.2) is 59.7 Å². The van der Waals surface area contributed by atoms with Gasteiger partial charge in [-0.2, -0.15) is 4.37 Å². The lowest BCUT2D eigenvalue weighted by atomic mass is 10.2. The second-order valence-corrected chi connectivity index (χ2v) is 7.52. The quantitative estimate of drug-likeness (QED) is 0.533. The van der Waals surface area contributed by atoms with Gasteiger partial charge in [-0.3, -0.25) is 14.2 Å². The maximum Gasteiger partial charge on any atom is 0.281 e. The lowest BCUT2D eigenvalue weighted by molar-refractivity contribution is 0.0956. The summed E-state index contributed by atoms with van der Waals surface area (Å²) in [5.41, 5.74) is 2.11. The summed E-state index contributed by atoms with van der Waals surface area (Å²) in [4.78, 5) is 30.1. The Hall–Kier alpha value is -3.72. The van der Waals surface area contributed by atoms with E-state index >= 15 is 0 Å². The second-order valence-electron chi connectivity index (χ2n) is 6.74. The van der Waals surface area contributed by atoms with E-state index in [1.54, 1.807) is 0 Å². The van der Waals surface area contributed by atoms with Crippen LogP contribution < -0.4 is 20.3 Å². The average molecular weight is 420 g/mol. The van der Waals surface area contributed by atoms with Crippen molar-refractivity contribution in [2.75, 3.05) is 6.79 Å². The predicted octanol–water partition coefficient (Wildman–Crippen LogP) is 2.56. The number of carbonyl (C=O) groups excluding carboxylic acids is 1. The predicted molar refractivity (Wildman–Crippen MR) is 111 cm³/mol. The SMILES string of the molecule is O=C(NCc1ccc2c(c1)OCO2)c1snc2c(=O)n(Cc3ccccc3)cnc12. The van der Waals surface area contributed by atoms with E-state index in [0.717, 1.165) is 22.7 Å². The van der Waals surface area contributed by atoms with Crippen LogP contribution in [0.2, 0.25) is 0 Å². The number of aromatic nitrogens is 3. The standard InChI is InChI=1S/C21H16N4O4S/c26-20(22-9-14-6-7-15-16(8-14)29-12-28-15)19-17-18(24-30-19)21(27)25(11-23-17)10-13-4-2-1-3-5-13/h1-8,11H,9-10,12H2,(H,22,26). The topological polar surface area (TPSA) is 95.3 Å². The summed E-state index contributed by atoms with van der Waals surface area (Å²) in [6.45, 7) is 0.900. The van der Waals surface area contributed by atoms with E-state index in [1.165, 1.54) is 10.9 Å². The fourth-order valence-electron chi connectivity index (χ4n) is 3.22. The van der Waals surface area contributed by atoms with Crippen LogP contribution in [-0.2, 0) is 13.1 Å². The first-order valence-electron chi connectivity index (χ1n) is 9.24. The van der Waals surface area contributed by atoms with Crippen LogP contribution in [-0.4, -0.2) is 26.6 Å². The number of benzene rings is 2. The largest absolute Gasteiger partial charge is 0.454 e. The molecule has 5 rings (SSSR count). The van der Waals surface area contributed by atoms with Crippen molar-refractivity contribution in [1.82, 2.24) is 19.2 Å². The lowest BCUT2D eigenvalue weighted by Gasteiger charge is -2.06. The van der Waals surface area contributed by atoms with Crippen molar-refractivity contribution in [3.8, 4) is 11.5 Å². The Morgan fingerprint density at radius 1 is 1.07 bits per heavy atom. The Bertz CT molecular complexity index is 1300. The van der Waals surface area contributed by atoms with Crippen molar-refractivity contribution in [1.29, 1.82) is 0 Å². The third-order valence-electron chi connectivity index (χ3n) is 4.75. The smallest absolute Gasteiger partial charge is 0.281 e. The molecule has 30 heavy (non-hydrogen) atoms. The normalized spacial score (nSPS) is 12.3. The van der Waals surface area contributed by atoms with E-state index < -0.39 is 0 Å². The molecule has 2 aromatic carbocycles. The highest BCUT2D eigenvalue weighted by molar-refractivity contribution is 7.09. The van der Waals surface area contributed by atoms with E-state index in [4.69, 9.17) is 9.47 Å². The van der Waals surface area contributed by atoms with Crippen LogP contribution >= 0.6 is 11.5 Å². The number of nitrogens with zero attached hydrogens (tertiary/aromatic N) is 3. The number of nitrogens with one attached hydrogen (secondary N) is 1. The van der Waals surface area contributed by atoms with Crippen LogP contribution in [0.1, 0.15) is 20.8 Å². The molecule has 2 aromatic heterocycles. The van der Waals surface area contributed by atoms with Gasteiger partial charge in [0.25, 0.3) is 11.5 Å². The third-order valence-corrected chi connectivity index (χ3v) is 5.58. The number of hydrogen-bond donors (Lipinski definition) is 1. The van der Waals surface area contributed by atoms with Gasteiger partial charge >= 0.3 is 0 Å². The molecule has 1 aliphatic rings. The van der Waals surface area contributed by atoms with Gasteiger partial charge in [0.2, 0.25) is 6.79 Å². The highest BCUT2D eigenvalue weighted by Gasteiger charge is 2.19. The first kappa shape index (κ1) is 18.3. The number of fused-ring (bicyclic) bond motifs is 2. The van der Waals surface area contributed by atoms with Crippen LogP contribution in [0.5, 0.6) is 11.5 Å². The lowest BCUT2D eigenvalue weighted by Crippen LogP contribution is -2.24. The molecule has 0 spiro atoms. The van der Waals surface area contributed by atoms with Gasteiger partial charge in [-0.05, 0) is 34.8 Å². The summed E-state index contributed by atoms with van der Waals surface area (Å²) < 4.78 is 16.3. The number of rotatable bonds is 5. The van der Waals surface area contributed by atoms with E-state index in [1.807, 2.05) is 48.5 Å². The molecule has 8 nitrogen and oxygen atoms in total. The molecular formula is C21H16N4O4S. The Kier molecular flexibility index (Phi) is 4.64. The minimum absolute atomic E-state index is 0.200. The molecule has 0 saturated heterocycles. The molecule has 0 unspecified atom stereocenters. The highest BCUT2D eigenvalue weighted by atomic mass is 32.1. The average Bonchev–Trinajstić information content (AvgIpc) is 3.41. The molecule has 0 saturated carbocycles. The summed E-state index contributed by atoms with van der Waals surface area (Å²) in [5.74, 6) is 1.02. The van der Waals surface area contributed by atoms with Gasteiger partial charge in [0.1, 0.15) is 10.4 Å². The zero-order valence-corrected chi connectivity index (χ0v) is 16.5. The zero-order valence-electron chi connectivity index (χ0n) is 15.7. The maximum atomic E-state index is 12.8. The molecule has 0 atom stereocenters. The summed E-state index contributed by atoms with van der Waals surface area (Å²) in [7, 11) is 0. The van der Waals surface area contributed by atoms with Crippen molar-refractivity contribution >= 4 is 28.5 Å². The van der Waals surface area contributed by atoms with Gasteiger partial charge in [-0.25, -0.2) is 4.98 Å². The Morgan fingerprint density at radius 3 is 2.77 bits per heavy atom. The Balaban J connectivity index is 1.35. The molecule has 0 fully saturated rings. The summed E-state index contributed by atoms with van der Waals surface area (Å²) in [6.07, 6.45) is 1.46. The highest BCUT2D eigenvalue weighted by Crippen LogP contribution is 2.32. The molecule has 0 bridgehead atoms. The number of ether oxygens (including phenoxy) is 2. The van der Waals surface area contributed by atoms with Crippen molar-refractivity contribution in [3.63, 3.8) is 0 Å². The molecule has 9 heteroatoms. The summed E-state index contributed by atoms with van der Waals surface area (Å²) in [5, 5.41) is 2.84. The molecule has 3 heterocycles. The van der Waals surface area contributed by atoms with E-state index in [-0.39, 0.29) is 23.8 Å². The van der Waals surface area contributed by atoms with Gasteiger partial charge in [0.15, 0.2) is 17.0 Å². The van der Waals surface area contributed by atoms with Crippen LogP contribution in [0, 0.1) is 0 Å². The van der Waals surface area contributed by atoms with E-state index in [2.05, 4.69) is 14.7 Å². The van der Waals surface area contributed by atoms with Gasteiger partial charge < -0.3 is 14.8 Å². The molecule has 1 aliphatic heterocycles. The van der Waals surface area contributed by atoms with Gasteiger partial charge in [-0.1, -0.05) is 36.4 Å². The zero-order chi connectivity index (χ0) is 20.5. The van der Waals surface area contributed by atoms with Gasteiger partial charge in [0.05, 0.1) is 12.9 Å². The van der Waals surface area contributed by atoms with Gasteiger partial charge in [0, 0.05) is 6.54 Å². The van der Waals surface area contributed by atoms with Gasteiger partial charge in [-0.15, -0.1) is 0 Å². The molecule has 0 aliphatic carbocycles. The van der Waals surface area contributed by atoms with Crippen molar-refractivity contribution in [2.24, 2.45) is 0 Å². The first-order chi connectivity index (χ1) is 14.7. The Morgan fingerprint density at radius 2 is 1.90 bits per heavy atom. The minimum Gasteiger partial charge on any atom is -0.454 e. The molecule has 150 valence electrons. The van der Waals surface area contributed by atoms with Crippen molar-refractivity contribution in [3.05, 3.63) is 81.2 Å². The van der Waals surface area contributed by atoms with Crippen molar-refractivity contribution < 1.29 is 14.3 Å². The Labute approximate surface area is 174 Å². The van der Waals surface area contributed by atoms with Crippen LogP contribution in [0.25, 0.3) is 11.0 Å². The minimum atomic E-state index is -0.326. The molecular weight excluding hydrogens is 404 g/mol. The molecule has 1 N–H and O–H groups in total. The van der Waals surface area contributed by atoms with E-state index in [9.17, 15) is 9.59 Å². The fourth-order valence-corrected chi connectivity index (χ4v) is 3.95. The second kappa shape index (κ2) is 7.60. The van der Waals surface area contributed by atoms with Crippen LogP contribution in [0.3, 0.4) is 0 Å². The number of carbonyl (C=O) groups is 1.